The molecule has 3 heterocycles. The smallest absolute Gasteiger partial charge is 0.408 e. The summed E-state index contributed by atoms with van der Waals surface area (Å²) >= 11 is 0. The van der Waals surface area contributed by atoms with Crippen LogP contribution in [0, 0.1) is 11.3 Å². The minimum Gasteiger partial charge on any atom is -0.488 e. The minimum atomic E-state index is -1.48. The van der Waals surface area contributed by atoms with E-state index < -0.39 is 64.5 Å². The lowest BCUT2D eigenvalue weighted by molar-refractivity contribution is -0.146. The van der Waals surface area contributed by atoms with Crippen LogP contribution in [0.3, 0.4) is 0 Å². The topological polar surface area (TPSA) is 150 Å². The fourth-order valence-electron chi connectivity index (χ4n) is 6.63. The summed E-state index contributed by atoms with van der Waals surface area (Å²) in [6, 6.07) is 7.52. The predicted octanol–water partition coefficient (Wildman–Crippen LogP) is 4.66. The molecular weight excluding hydrogens is 614 g/mol. The second-order valence-corrected chi connectivity index (χ2v) is 15.3. The van der Waals surface area contributed by atoms with Gasteiger partial charge in [-0.25, -0.2) is 14.6 Å². The number of benzene rings is 1. The predicted molar refractivity (Wildman–Crippen MR) is 182 cm³/mol. The van der Waals surface area contributed by atoms with Crippen molar-refractivity contribution in [1.29, 1.82) is 0 Å². The molecule has 2 aliphatic heterocycles. The van der Waals surface area contributed by atoms with Gasteiger partial charge in [0.25, 0.3) is 0 Å². The number of piperidine rings is 1. The number of likely N-dealkylation sites (tertiary alicyclic amines) is 1. The molecule has 1 aromatic heterocycles. The minimum absolute atomic E-state index is 0.0418. The van der Waals surface area contributed by atoms with E-state index in [1.165, 1.54) is 17.4 Å². The Labute approximate surface area is 282 Å². The van der Waals surface area contributed by atoms with Crippen LogP contribution in [0.2, 0.25) is 0 Å². The highest BCUT2D eigenvalue weighted by atomic mass is 16.6. The largest absolute Gasteiger partial charge is 0.488 e. The summed E-state index contributed by atoms with van der Waals surface area (Å²) in [5.74, 6) is -1.27. The van der Waals surface area contributed by atoms with E-state index in [9.17, 15) is 24.3 Å². The van der Waals surface area contributed by atoms with Crippen LogP contribution in [0.5, 0.6) is 5.75 Å². The number of aromatic nitrogens is 1. The summed E-state index contributed by atoms with van der Waals surface area (Å²) < 4.78 is 12.1. The standard InChI is InChI=1S/C36H49N5O7/c1-8-22-20-36(22,32(44)45)39-30(42)26-18-23(21-41(26)31(43)29(34(2,3)4)38-33(46)48-35(5,6)7)47-27-19-28(40-16-12-9-13-17-40)37-25-15-11-10-14-24(25)27/h8,10-11,14-15,19,22-23,26,29H,1,9,12-13,16-18,20-21H2,2-7H3,(H,38,46)(H,39,42)(H,44,45)/t22-,23+,26-,29+,36?/m0/s1. The Hall–Kier alpha value is -4.35. The van der Waals surface area contributed by atoms with Crippen molar-refractivity contribution >= 4 is 40.6 Å². The van der Waals surface area contributed by atoms with Gasteiger partial charge < -0.3 is 35.0 Å². The Morgan fingerprint density at radius 1 is 1.08 bits per heavy atom. The van der Waals surface area contributed by atoms with Crippen molar-refractivity contribution in [3.8, 4) is 5.75 Å². The SMILES string of the molecule is C=C[C@H]1CC1(NC(=O)[C@@H]1C[C@@H](Oc2cc(N3CCCCC3)nc3ccccc23)CN1C(=O)[C@@H](NC(=O)OC(C)(C)C)C(C)(C)C)C(=O)O. The number of para-hydroxylation sites is 1. The summed E-state index contributed by atoms with van der Waals surface area (Å²) in [7, 11) is 0. The van der Waals surface area contributed by atoms with Crippen molar-refractivity contribution in [3.63, 3.8) is 0 Å². The number of pyridine rings is 1. The summed E-state index contributed by atoms with van der Waals surface area (Å²) in [6.45, 7) is 16.2. The molecule has 3 N–H and O–H groups in total. The van der Waals surface area contributed by atoms with Gasteiger partial charge in [0.2, 0.25) is 11.8 Å². The highest BCUT2D eigenvalue weighted by Gasteiger charge is 2.61. The van der Waals surface area contributed by atoms with E-state index in [0.717, 1.165) is 42.7 Å². The van der Waals surface area contributed by atoms with Crippen molar-refractivity contribution in [2.75, 3.05) is 24.5 Å². The van der Waals surface area contributed by atoms with Crippen molar-refractivity contribution < 1.29 is 33.8 Å². The van der Waals surface area contributed by atoms with Crippen LogP contribution in [0.25, 0.3) is 10.9 Å². The molecule has 3 aliphatic rings. The normalized spacial score (nSPS) is 24.8. The molecule has 5 atom stereocenters. The van der Waals surface area contributed by atoms with Gasteiger partial charge in [-0.3, -0.25) is 9.59 Å². The molecule has 0 spiro atoms. The number of carboxylic acid groups (broad SMARTS) is 1. The molecule has 1 aliphatic carbocycles. The molecule has 12 heteroatoms. The number of carbonyl (C=O) groups excluding carboxylic acids is 3. The van der Waals surface area contributed by atoms with Crippen molar-refractivity contribution in [2.45, 2.75) is 103 Å². The van der Waals surface area contributed by atoms with Crippen LogP contribution >= 0.6 is 0 Å². The molecule has 0 bridgehead atoms. The lowest BCUT2D eigenvalue weighted by Crippen LogP contribution is -2.59. The van der Waals surface area contributed by atoms with Gasteiger partial charge in [0.05, 0.1) is 12.1 Å². The molecule has 3 fully saturated rings. The van der Waals surface area contributed by atoms with E-state index in [0.29, 0.717) is 5.75 Å². The number of hydrogen-bond donors (Lipinski definition) is 3. The van der Waals surface area contributed by atoms with E-state index in [1.807, 2.05) is 51.1 Å². The first kappa shape index (κ1) is 35.0. The van der Waals surface area contributed by atoms with Crippen molar-refractivity contribution in [1.82, 2.24) is 20.5 Å². The van der Waals surface area contributed by atoms with Gasteiger partial charge in [0.15, 0.2) is 0 Å². The number of carbonyl (C=O) groups is 4. The van der Waals surface area contributed by atoms with Gasteiger partial charge in [0, 0.05) is 36.9 Å². The van der Waals surface area contributed by atoms with Gasteiger partial charge in [-0.05, 0) is 64.0 Å². The zero-order valence-electron chi connectivity index (χ0n) is 28.9. The maximum Gasteiger partial charge on any atom is 0.408 e. The molecule has 260 valence electrons. The third-order valence-electron chi connectivity index (χ3n) is 9.29. The number of ether oxygens (including phenoxy) is 2. The van der Waals surface area contributed by atoms with Gasteiger partial charge in [-0.2, -0.15) is 0 Å². The number of amides is 3. The zero-order chi connectivity index (χ0) is 35.0. The molecule has 12 nitrogen and oxygen atoms in total. The Balaban J connectivity index is 1.46. The lowest BCUT2D eigenvalue weighted by atomic mass is 9.85. The molecule has 2 aromatic rings. The molecular formula is C36H49N5O7. The molecule has 1 saturated carbocycles. The number of carboxylic acids is 1. The summed E-state index contributed by atoms with van der Waals surface area (Å²) in [5, 5.41) is 16.3. The molecule has 48 heavy (non-hydrogen) atoms. The highest BCUT2D eigenvalue weighted by molar-refractivity contribution is 5.96. The number of hydrogen-bond acceptors (Lipinski definition) is 8. The van der Waals surface area contributed by atoms with Crippen LogP contribution in [0.1, 0.15) is 73.6 Å². The van der Waals surface area contributed by atoms with Gasteiger partial charge in [-0.1, -0.05) is 39.0 Å². The Bertz CT molecular complexity index is 1570. The number of alkyl carbamates (subject to hydrolysis) is 1. The fraction of sp³-hybridized carbons (Fsp3) is 0.583. The van der Waals surface area contributed by atoms with Crippen LogP contribution in [0.4, 0.5) is 10.6 Å². The maximum absolute atomic E-state index is 14.4. The number of nitrogens with one attached hydrogen (secondary N) is 2. The van der Waals surface area contributed by atoms with Crippen LogP contribution in [0.15, 0.2) is 43.0 Å². The summed E-state index contributed by atoms with van der Waals surface area (Å²) in [4.78, 5) is 62.0. The Morgan fingerprint density at radius 3 is 2.38 bits per heavy atom. The third kappa shape index (κ3) is 7.52. The average Bonchev–Trinajstić information content (AvgIpc) is 3.58. The lowest BCUT2D eigenvalue weighted by Gasteiger charge is -2.35. The van der Waals surface area contributed by atoms with Crippen LogP contribution in [-0.2, 0) is 19.1 Å². The first-order valence-electron chi connectivity index (χ1n) is 16.8. The zero-order valence-corrected chi connectivity index (χ0v) is 28.9. The number of fused-ring (bicyclic) bond motifs is 1. The molecule has 3 amide bonds. The summed E-state index contributed by atoms with van der Waals surface area (Å²) in [6.07, 6.45) is 3.83. The fourth-order valence-corrected chi connectivity index (χ4v) is 6.63. The second kappa shape index (κ2) is 13.3. The summed E-state index contributed by atoms with van der Waals surface area (Å²) in [5.41, 5.74) is -2.25. The highest BCUT2D eigenvalue weighted by Crippen LogP contribution is 2.45. The number of nitrogens with zero attached hydrogens (tertiary/aromatic N) is 3. The Kier molecular flexibility index (Phi) is 9.67. The van der Waals surface area contributed by atoms with Crippen molar-refractivity contribution in [2.24, 2.45) is 11.3 Å². The first-order valence-corrected chi connectivity index (χ1v) is 16.8. The average molecular weight is 664 g/mol. The molecule has 1 aromatic carbocycles. The van der Waals surface area contributed by atoms with Gasteiger partial charge in [-0.15, -0.1) is 6.58 Å². The third-order valence-corrected chi connectivity index (χ3v) is 9.29. The molecule has 2 saturated heterocycles. The monoisotopic (exact) mass is 663 g/mol. The van der Waals surface area contributed by atoms with E-state index in [-0.39, 0.29) is 19.4 Å². The van der Waals surface area contributed by atoms with E-state index >= 15 is 0 Å². The first-order chi connectivity index (χ1) is 22.5. The number of rotatable bonds is 9. The van der Waals surface area contributed by atoms with E-state index in [2.05, 4.69) is 22.1 Å². The number of anilines is 1. The van der Waals surface area contributed by atoms with Crippen LogP contribution in [-0.4, -0.2) is 87.8 Å². The van der Waals surface area contributed by atoms with E-state index in [4.69, 9.17) is 14.5 Å². The van der Waals surface area contributed by atoms with Crippen LogP contribution < -0.4 is 20.3 Å². The Morgan fingerprint density at radius 2 is 1.77 bits per heavy atom. The molecule has 5 rings (SSSR count). The quantitative estimate of drug-likeness (QED) is 0.326. The van der Waals surface area contributed by atoms with Crippen molar-refractivity contribution in [3.05, 3.63) is 43.0 Å². The molecule has 1 unspecified atom stereocenters. The second-order valence-electron chi connectivity index (χ2n) is 15.3. The maximum atomic E-state index is 14.4. The molecule has 0 radical (unpaired) electrons. The van der Waals surface area contributed by atoms with Gasteiger partial charge >= 0.3 is 12.1 Å². The van der Waals surface area contributed by atoms with E-state index in [1.54, 1.807) is 20.8 Å². The number of aliphatic carboxylic acids is 1. The van der Waals surface area contributed by atoms with Gasteiger partial charge in [0.1, 0.15) is 40.9 Å².